The highest BCUT2D eigenvalue weighted by molar-refractivity contribution is 8.00. The molecule has 0 radical (unpaired) electrons. The van der Waals surface area contributed by atoms with Gasteiger partial charge in [0.1, 0.15) is 12.1 Å². The topological polar surface area (TPSA) is 173 Å². The molecule has 2 unspecified atom stereocenters. The van der Waals surface area contributed by atoms with Crippen LogP contribution in [0.1, 0.15) is 47.5 Å². The van der Waals surface area contributed by atoms with Crippen LogP contribution in [0, 0.1) is 0 Å². The Morgan fingerprint density at radius 3 is 2.69 bits per heavy atom. The number of benzene rings is 1. The molecule has 208 valence electrons. The van der Waals surface area contributed by atoms with E-state index in [4.69, 9.17) is 11.5 Å². The minimum atomic E-state index is -0.824. The first-order valence-corrected chi connectivity index (χ1v) is 14.8. The maximum Gasteiger partial charge on any atom is 0.246 e. The van der Waals surface area contributed by atoms with Gasteiger partial charge in [-0.2, -0.15) is 0 Å². The number of carbonyl (C=O) groups is 4. The van der Waals surface area contributed by atoms with Gasteiger partial charge in [0.25, 0.3) is 0 Å². The standard InChI is InChI=1S/C26H33N7O4S2/c27-26(28)30-12-4-7-17(22(35)24-29-13-14-38-24)32-23(36)19-15-39-21-11-9-18(25(37)33(19)21)31-20(34)10-8-16-5-2-1-3-6-16/h1-3,5-6,13-14,17-19,21H,4,7-12,15H2,(H,31,34)(H,32,36)(H4,27,28,30)/t17?,18-,19-,21?/m0/s1. The van der Waals surface area contributed by atoms with Gasteiger partial charge in [-0.15, -0.1) is 23.1 Å². The number of aryl methyl sites for hydroxylation is 1. The molecule has 13 heteroatoms. The number of carbonyl (C=O) groups excluding carboxylic acids is 4. The Morgan fingerprint density at radius 1 is 1.18 bits per heavy atom. The van der Waals surface area contributed by atoms with Gasteiger partial charge in [-0.05, 0) is 37.7 Å². The lowest BCUT2D eigenvalue weighted by atomic mass is 10.0. The van der Waals surface area contributed by atoms with Crippen LogP contribution in [0.3, 0.4) is 0 Å². The van der Waals surface area contributed by atoms with Crippen molar-refractivity contribution < 1.29 is 19.2 Å². The van der Waals surface area contributed by atoms with Crippen molar-refractivity contribution in [1.82, 2.24) is 20.5 Å². The number of thioether (sulfide) groups is 1. The number of aliphatic imine (C=N–C) groups is 1. The number of piperidine rings is 1. The van der Waals surface area contributed by atoms with Gasteiger partial charge in [-0.3, -0.25) is 24.2 Å². The molecule has 0 saturated carbocycles. The minimum absolute atomic E-state index is 0.0406. The van der Waals surface area contributed by atoms with Gasteiger partial charge in [-0.1, -0.05) is 30.3 Å². The molecule has 39 heavy (non-hydrogen) atoms. The Hall–Kier alpha value is -3.45. The first kappa shape index (κ1) is 28.6. The Kier molecular flexibility index (Phi) is 9.93. The van der Waals surface area contributed by atoms with Crippen molar-refractivity contribution in [2.24, 2.45) is 16.5 Å². The van der Waals surface area contributed by atoms with Gasteiger partial charge >= 0.3 is 0 Å². The van der Waals surface area contributed by atoms with Crippen molar-refractivity contribution in [3.63, 3.8) is 0 Å². The molecular weight excluding hydrogens is 538 g/mol. The maximum atomic E-state index is 13.4. The van der Waals surface area contributed by atoms with Crippen molar-refractivity contribution in [1.29, 1.82) is 0 Å². The molecule has 4 atom stereocenters. The van der Waals surface area contributed by atoms with Crippen LogP contribution in [-0.2, 0) is 20.8 Å². The highest BCUT2D eigenvalue weighted by Crippen LogP contribution is 2.36. The summed E-state index contributed by atoms with van der Waals surface area (Å²) >= 11 is 2.75. The van der Waals surface area contributed by atoms with Crippen LogP contribution < -0.4 is 22.1 Å². The number of nitrogens with two attached hydrogens (primary N) is 2. The molecule has 0 bridgehead atoms. The van der Waals surface area contributed by atoms with Crippen molar-refractivity contribution in [3.8, 4) is 0 Å². The molecule has 3 heterocycles. The van der Waals surface area contributed by atoms with Gasteiger partial charge in [0.05, 0.1) is 11.4 Å². The van der Waals surface area contributed by atoms with Gasteiger partial charge < -0.3 is 27.0 Å². The molecule has 6 N–H and O–H groups in total. The molecule has 2 aromatic rings. The lowest BCUT2D eigenvalue weighted by molar-refractivity contribution is -0.145. The quantitative estimate of drug-likeness (QED) is 0.127. The fourth-order valence-electron chi connectivity index (χ4n) is 4.73. The van der Waals surface area contributed by atoms with Gasteiger partial charge in [-0.25, -0.2) is 4.98 Å². The van der Waals surface area contributed by atoms with E-state index in [0.29, 0.717) is 49.4 Å². The molecule has 0 aliphatic carbocycles. The molecule has 0 spiro atoms. The van der Waals surface area contributed by atoms with E-state index in [1.54, 1.807) is 22.0 Å². The summed E-state index contributed by atoms with van der Waals surface area (Å²) in [5, 5.41) is 7.58. The molecule has 11 nitrogen and oxygen atoms in total. The number of hydrogen-bond donors (Lipinski definition) is 4. The van der Waals surface area contributed by atoms with Gasteiger partial charge in [0, 0.05) is 30.3 Å². The second-order valence-electron chi connectivity index (χ2n) is 9.44. The zero-order valence-corrected chi connectivity index (χ0v) is 23.1. The second-order valence-corrected chi connectivity index (χ2v) is 11.5. The molecule has 2 saturated heterocycles. The summed E-state index contributed by atoms with van der Waals surface area (Å²) in [6.07, 6.45) is 4.38. The number of hydrogen-bond acceptors (Lipinski definition) is 8. The zero-order valence-electron chi connectivity index (χ0n) is 21.5. The highest BCUT2D eigenvalue weighted by Gasteiger charge is 2.47. The van der Waals surface area contributed by atoms with Crippen LogP contribution in [-0.4, -0.2) is 75.1 Å². The van der Waals surface area contributed by atoms with E-state index >= 15 is 0 Å². The largest absolute Gasteiger partial charge is 0.370 e. The first-order chi connectivity index (χ1) is 18.8. The van der Waals surface area contributed by atoms with Crippen LogP contribution >= 0.6 is 23.1 Å². The molecule has 2 aliphatic heterocycles. The molecule has 4 rings (SSSR count). The SMILES string of the molecule is NC(N)=NCCCC(NC(=O)[C@@H]1CSC2CC[C@H](NC(=O)CCc3ccccc3)C(=O)N21)C(=O)c1nccs1. The number of nitrogens with one attached hydrogen (secondary N) is 2. The van der Waals surface area contributed by atoms with Gasteiger partial charge in [0.2, 0.25) is 23.5 Å². The van der Waals surface area contributed by atoms with Crippen LogP contribution in [0.25, 0.3) is 0 Å². The predicted octanol–water partition coefficient (Wildman–Crippen LogP) is 1.05. The molecule has 3 amide bonds. The van der Waals surface area contributed by atoms with Crippen LogP contribution in [0.4, 0.5) is 0 Å². The van der Waals surface area contributed by atoms with E-state index in [9.17, 15) is 19.2 Å². The fraction of sp³-hybridized carbons (Fsp3) is 0.462. The lowest BCUT2D eigenvalue weighted by Gasteiger charge is -2.37. The van der Waals surface area contributed by atoms with Crippen LogP contribution in [0.15, 0.2) is 46.9 Å². The smallest absolute Gasteiger partial charge is 0.246 e. The first-order valence-electron chi connectivity index (χ1n) is 12.9. The molecular formula is C26H33N7O4S2. The third-order valence-electron chi connectivity index (χ3n) is 6.69. The maximum absolute atomic E-state index is 13.4. The number of amides is 3. The lowest BCUT2D eigenvalue weighted by Crippen LogP contribution is -2.60. The van der Waals surface area contributed by atoms with Crippen molar-refractivity contribution in [2.45, 2.75) is 62.0 Å². The Bertz CT molecular complexity index is 1190. The number of fused-ring (bicyclic) bond motifs is 1. The number of nitrogens with zero attached hydrogens (tertiary/aromatic N) is 3. The summed E-state index contributed by atoms with van der Waals surface area (Å²) in [6.45, 7) is 0.317. The zero-order chi connectivity index (χ0) is 27.8. The van der Waals surface area contributed by atoms with E-state index in [2.05, 4.69) is 20.6 Å². The monoisotopic (exact) mass is 571 g/mol. The number of ketones is 1. The molecule has 2 aliphatic rings. The summed E-state index contributed by atoms with van der Waals surface area (Å²) in [7, 11) is 0. The van der Waals surface area contributed by atoms with E-state index in [1.807, 2.05) is 30.3 Å². The van der Waals surface area contributed by atoms with Crippen molar-refractivity contribution in [3.05, 3.63) is 52.5 Å². The number of aromatic nitrogens is 1. The molecule has 2 fully saturated rings. The number of rotatable bonds is 12. The summed E-state index contributed by atoms with van der Waals surface area (Å²) in [5.74, 6) is -0.771. The summed E-state index contributed by atoms with van der Waals surface area (Å²) < 4.78 is 0. The van der Waals surface area contributed by atoms with Crippen molar-refractivity contribution in [2.75, 3.05) is 12.3 Å². The summed E-state index contributed by atoms with van der Waals surface area (Å²) in [6, 6.07) is 7.46. The summed E-state index contributed by atoms with van der Waals surface area (Å²) in [5.41, 5.74) is 11.8. The average molecular weight is 572 g/mol. The normalized spacial score (nSPS) is 21.1. The number of guanidine groups is 1. The third-order valence-corrected chi connectivity index (χ3v) is 8.83. The Balaban J connectivity index is 1.37. The van der Waals surface area contributed by atoms with E-state index in [-0.39, 0.29) is 35.4 Å². The Labute approximate surface area is 235 Å². The van der Waals surface area contributed by atoms with E-state index < -0.39 is 24.0 Å². The highest BCUT2D eigenvalue weighted by atomic mass is 32.2. The van der Waals surface area contributed by atoms with Gasteiger partial charge in [0.15, 0.2) is 11.0 Å². The average Bonchev–Trinajstić information content (AvgIpc) is 3.62. The minimum Gasteiger partial charge on any atom is -0.370 e. The van der Waals surface area contributed by atoms with E-state index in [1.165, 1.54) is 17.5 Å². The van der Waals surface area contributed by atoms with Crippen molar-refractivity contribution >= 4 is 52.6 Å². The second kappa shape index (κ2) is 13.6. The van der Waals surface area contributed by atoms with E-state index in [0.717, 1.165) is 5.56 Å². The predicted molar refractivity (Wildman–Crippen MR) is 151 cm³/mol. The number of thiazole rings is 1. The van der Waals surface area contributed by atoms with Crippen LogP contribution in [0.2, 0.25) is 0 Å². The molecule has 1 aromatic carbocycles. The molecule has 1 aromatic heterocycles. The number of Topliss-reactive ketones (excluding diaryl/α,β-unsaturated/α-hetero) is 1. The summed E-state index contributed by atoms with van der Waals surface area (Å²) in [4.78, 5) is 62.1. The third kappa shape index (κ3) is 7.57. The fourth-order valence-corrected chi connectivity index (χ4v) is 6.79. The van der Waals surface area contributed by atoms with Crippen LogP contribution in [0.5, 0.6) is 0 Å². The Morgan fingerprint density at radius 2 is 1.97 bits per heavy atom.